The fourth-order valence-electron chi connectivity index (χ4n) is 8.16. The van der Waals surface area contributed by atoms with Crippen molar-refractivity contribution in [3.8, 4) is 0 Å². The Morgan fingerprint density at radius 1 is 1.06 bits per heavy atom. The molecule has 31 heavy (non-hydrogen) atoms. The predicted molar refractivity (Wildman–Crippen MR) is 111 cm³/mol. The van der Waals surface area contributed by atoms with Gasteiger partial charge in [0.2, 0.25) is 0 Å². The van der Waals surface area contributed by atoms with Crippen molar-refractivity contribution in [3.05, 3.63) is 12.2 Å². The van der Waals surface area contributed by atoms with Crippen molar-refractivity contribution in [2.45, 2.75) is 84.7 Å². The van der Waals surface area contributed by atoms with E-state index in [2.05, 4.69) is 6.58 Å². The van der Waals surface area contributed by atoms with Crippen molar-refractivity contribution >= 4 is 17.7 Å². The van der Waals surface area contributed by atoms with Crippen LogP contribution in [0.2, 0.25) is 0 Å². The molecule has 0 aromatic heterocycles. The van der Waals surface area contributed by atoms with Crippen LogP contribution in [0.4, 0.5) is 0 Å². The third-order valence-electron chi connectivity index (χ3n) is 9.03. The number of aliphatic hydroxyl groups is 2. The first-order valence-electron chi connectivity index (χ1n) is 11.2. The quantitative estimate of drug-likeness (QED) is 0.506. The summed E-state index contributed by atoms with van der Waals surface area (Å²) in [5.41, 5.74) is -1.80. The second-order valence-electron chi connectivity index (χ2n) is 11.1. The average Bonchev–Trinajstić information content (AvgIpc) is 2.79. The second kappa shape index (κ2) is 6.88. The van der Waals surface area contributed by atoms with Gasteiger partial charge in [-0.05, 0) is 24.3 Å². The number of esters is 2. The number of ether oxygens (including phenoxy) is 2. The zero-order valence-corrected chi connectivity index (χ0v) is 19.0. The molecule has 7 heteroatoms. The van der Waals surface area contributed by atoms with E-state index in [1.54, 1.807) is 0 Å². The Balaban J connectivity index is 1.87. The topological polar surface area (TPSA) is 110 Å². The summed E-state index contributed by atoms with van der Waals surface area (Å²) in [7, 11) is 0. The Labute approximate surface area is 183 Å². The summed E-state index contributed by atoms with van der Waals surface area (Å²) >= 11 is 0. The Morgan fingerprint density at radius 3 is 2.26 bits per heavy atom. The van der Waals surface area contributed by atoms with Gasteiger partial charge in [-0.25, -0.2) is 0 Å². The van der Waals surface area contributed by atoms with Crippen LogP contribution in [-0.4, -0.2) is 52.4 Å². The van der Waals surface area contributed by atoms with Crippen molar-refractivity contribution in [2.24, 2.45) is 34.0 Å². The van der Waals surface area contributed by atoms with Gasteiger partial charge < -0.3 is 19.7 Å². The van der Waals surface area contributed by atoms with Crippen molar-refractivity contribution in [1.29, 1.82) is 0 Å². The van der Waals surface area contributed by atoms with Crippen LogP contribution in [0.3, 0.4) is 0 Å². The summed E-state index contributed by atoms with van der Waals surface area (Å²) < 4.78 is 11.3. The molecule has 9 atom stereocenters. The van der Waals surface area contributed by atoms with Gasteiger partial charge in [-0.1, -0.05) is 27.4 Å². The molecule has 7 nitrogen and oxygen atoms in total. The van der Waals surface area contributed by atoms with Crippen LogP contribution in [0.25, 0.3) is 0 Å². The minimum absolute atomic E-state index is 0.0221. The highest BCUT2D eigenvalue weighted by Crippen LogP contribution is 2.71. The summed E-state index contributed by atoms with van der Waals surface area (Å²) in [5.74, 6) is -1.96. The van der Waals surface area contributed by atoms with E-state index in [1.807, 2.05) is 20.8 Å². The van der Waals surface area contributed by atoms with Gasteiger partial charge in [-0.15, -0.1) is 0 Å². The van der Waals surface area contributed by atoms with E-state index in [9.17, 15) is 24.6 Å². The van der Waals surface area contributed by atoms with Gasteiger partial charge in [0.25, 0.3) is 0 Å². The Bertz CT molecular complexity index is 847. The van der Waals surface area contributed by atoms with E-state index in [4.69, 9.17) is 9.47 Å². The molecule has 4 aliphatic rings. The molecule has 4 aliphatic carbocycles. The van der Waals surface area contributed by atoms with Crippen molar-refractivity contribution in [1.82, 2.24) is 0 Å². The molecule has 0 saturated heterocycles. The van der Waals surface area contributed by atoms with Crippen LogP contribution in [0, 0.1) is 34.0 Å². The minimum atomic E-state index is -0.961. The Kier molecular flexibility index (Phi) is 4.99. The Morgan fingerprint density at radius 2 is 1.68 bits per heavy atom. The monoisotopic (exact) mass is 434 g/mol. The van der Waals surface area contributed by atoms with Gasteiger partial charge in [0.1, 0.15) is 18.0 Å². The molecule has 0 heterocycles. The van der Waals surface area contributed by atoms with Gasteiger partial charge in [0, 0.05) is 54.8 Å². The largest absolute Gasteiger partial charge is 0.462 e. The third-order valence-corrected chi connectivity index (χ3v) is 9.03. The van der Waals surface area contributed by atoms with Crippen molar-refractivity contribution in [3.63, 3.8) is 0 Å². The smallest absolute Gasteiger partial charge is 0.302 e. The molecular formula is C24H34O7. The molecule has 0 aromatic rings. The van der Waals surface area contributed by atoms with Crippen molar-refractivity contribution < 1.29 is 34.1 Å². The molecule has 4 fully saturated rings. The molecule has 4 rings (SSSR count). The molecule has 9 unspecified atom stereocenters. The number of carbonyl (C=O) groups excluding carboxylic acids is 3. The number of rotatable bonds is 2. The first-order valence-corrected chi connectivity index (χ1v) is 11.2. The van der Waals surface area contributed by atoms with E-state index >= 15 is 0 Å². The highest BCUT2D eigenvalue weighted by molar-refractivity contribution is 5.85. The zero-order chi connectivity index (χ0) is 23.1. The number of carbonyl (C=O) groups is 3. The van der Waals surface area contributed by atoms with Crippen LogP contribution >= 0.6 is 0 Å². The molecule has 0 aliphatic heterocycles. The van der Waals surface area contributed by atoms with E-state index in [1.165, 1.54) is 13.8 Å². The summed E-state index contributed by atoms with van der Waals surface area (Å²) in [6.07, 6.45) is -1.53. The van der Waals surface area contributed by atoms with Crippen LogP contribution in [-0.2, 0) is 23.9 Å². The van der Waals surface area contributed by atoms with Crippen LogP contribution in [0.1, 0.15) is 60.3 Å². The lowest BCUT2D eigenvalue weighted by Gasteiger charge is -2.66. The molecule has 2 bridgehead atoms. The van der Waals surface area contributed by atoms with Gasteiger partial charge in [-0.2, -0.15) is 0 Å². The highest BCUT2D eigenvalue weighted by Gasteiger charge is 2.75. The zero-order valence-electron chi connectivity index (χ0n) is 19.0. The fraction of sp³-hybridized carbons (Fsp3) is 0.792. The fourth-order valence-corrected chi connectivity index (χ4v) is 8.16. The first-order chi connectivity index (χ1) is 14.3. The maximum absolute atomic E-state index is 13.7. The number of ketones is 1. The lowest BCUT2D eigenvalue weighted by Crippen LogP contribution is -2.71. The van der Waals surface area contributed by atoms with E-state index in [0.29, 0.717) is 18.4 Å². The lowest BCUT2D eigenvalue weighted by molar-refractivity contribution is -0.254. The average molecular weight is 435 g/mol. The summed E-state index contributed by atoms with van der Waals surface area (Å²) in [4.78, 5) is 37.5. The van der Waals surface area contributed by atoms with Gasteiger partial charge >= 0.3 is 11.9 Å². The first kappa shape index (κ1) is 22.5. The number of hydrogen-bond donors (Lipinski definition) is 2. The van der Waals surface area contributed by atoms with E-state index in [0.717, 1.165) is 0 Å². The summed E-state index contributed by atoms with van der Waals surface area (Å²) in [5, 5.41) is 22.7. The van der Waals surface area contributed by atoms with Gasteiger partial charge in [0.15, 0.2) is 0 Å². The minimum Gasteiger partial charge on any atom is -0.462 e. The maximum atomic E-state index is 13.7. The summed E-state index contributed by atoms with van der Waals surface area (Å²) in [6, 6.07) is 0. The molecule has 2 N–H and O–H groups in total. The normalized spacial score (nSPS) is 47.9. The van der Waals surface area contributed by atoms with E-state index in [-0.39, 0.29) is 24.5 Å². The molecule has 0 amide bonds. The number of hydrogen-bond acceptors (Lipinski definition) is 7. The number of Topliss-reactive ketones (excluding diaryl/α,β-unsaturated/α-hetero) is 1. The van der Waals surface area contributed by atoms with E-state index < -0.39 is 64.4 Å². The lowest BCUT2D eigenvalue weighted by atomic mass is 9.39. The number of fused-ring (bicyclic) bond motifs is 3. The third kappa shape index (κ3) is 2.88. The SMILES string of the molecule is C=C1C2CC(OC(C)=O)C3C(CC(=O)C4C(C)(C)C(OC(C)=O)CC(O)C43C)(C2)C1O. The molecule has 4 saturated carbocycles. The highest BCUT2D eigenvalue weighted by atomic mass is 16.5. The van der Waals surface area contributed by atoms with Gasteiger partial charge in [0.05, 0.1) is 12.2 Å². The standard InChI is InChI=1S/C24H34O7/c1-11-14-7-16(30-12(2)25)20-23(6)17(28)8-18(31-13(3)26)22(4,5)19(23)15(27)10-24(20,9-14)21(11)29/h14,16-21,28-29H,1,7-10H2,2-6H3. The molecule has 172 valence electrons. The number of aliphatic hydroxyl groups excluding tert-OH is 2. The molecule has 0 radical (unpaired) electrons. The predicted octanol–water partition coefficient (Wildman–Crippen LogP) is 2.18. The second-order valence-corrected chi connectivity index (χ2v) is 11.1. The Hall–Kier alpha value is -1.73. The molecule has 0 aromatic carbocycles. The maximum Gasteiger partial charge on any atom is 0.302 e. The molecule has 1 spiro atoms. The molecular weight excluding hydrogens is 400 g/mol. The summed E-state index contributed by atoms with van der Waals surface area (Å²) in [6.45, 7) is 12.5. The van der Waals surface area contributed by atoms with Crippen LogP contribution < -0.4 is 0 Å². The van der Waals surface area contributed by atoms with Crippen LogP contribution in [0.5, 0.6) is 0 Å². The van der Waals surface area contributed by atoms with Gasteiger partial charge in [-0.3, -0.25) is 14.4 Å². The van der Waals surface area contributed by atoms with Crippen LogP contribution in [0.15, 0.2) is 12.2 Å². The van der Waals surface area contributed by atoms with Crippen molar-refractivity contribution in [2.75, 3.05) is 0 Å².